The van der Waals surface area contributed by atoms with Crippen molar-refractivity contribution in [1.29, 1.82) is 0 Å². The fourth-order valence-corrected chi connectivity index (χ4v) is 5.47. The molecule has 1 aliphatic rings. The van der Waals surface area contributed by atoms with Gasteiger partial charge in [-0.3, -0.25) is 14.4 Å². The number of aromatic nitrogens is 3. The number of hydrogen-bond donors (Lipinski definition) is 2. The number of carbonyl (C=O) groups excluding carboxylic acids is 1. The van der Waals surface area contributed by atoms with E-state index in [1.54, 1.807) is 0 Å². The number of aliphatic imine (C=N–C) groups is 1. The molecule has 4 aromatic rings. The van der Waals surface area contributed by atoms with E-state index in [4.69, 9.17) is 9.73 Å². The highest BCUT2D eigenvalue weighted by Crippen LogP contribution is 2.40. The van der Waals surface area contributed by atoms with Crippen molar-refractivity contribution in [3.8, 4) is 5.00 Å². The first kappa shape index (κ1) is 22.9. The molecule has 1 atom stereocenters. The standard InChI is InChI=1S/C26H25N5O3S/c1-15-21(14-32)35-26-23(15)24(17-9-11-19(12-10-17)27-18-7-5-4-6-8-18)28-20(13-22(33)34-3)25-30-29-16(2)31(25)26/h4-12,20,27,32H,13-14H2,1-3H3/t20-/m0/s1. The number of methoxy groups -OCH3 is 1. The van der Waals surface area contributed by atoms with Crippen molar-refractivity contribution in [3.63, 3.8) is 0 Å². The number of thiophene rings is 1. The molecule has 0 fully saturated rings. The molecule has 0 aliphatic carbocycles. The quantitative estimate of drug-likeness (QED) is 0.384. The van der Waals surface area contributed by atoms with E-state index in [2.05, 4.69) is 15.5 Å². The Labute approximate surface area is 206 Å². The van der Waals surface area contributed by atoms with E-state index in [1.165, 1.54) is 18.4 Å². The number of esters is 1. The summed E-state index contributed by atoms with van der Waals surface area (Å²) >= 11 is 1.49. The number of para-hydroxylation sites is 1. The van der Waals surface area contributed by atoms with Crippen LogP contribution in [0.25, 0.3) is 5.00 Å². The Morgan fingerprint density at radius 1 is 1.09 bits per heavy atom. The van der Waals surface area contributed by atoms with Crippen molar-refractivity contribution in [2.45, 2.75) is 32.9 Å². The van der Waals surface area contributed by atoms with Crippen LogP contribution in [0, 0.1) is 13.8 Å². The summed E-state index contributed by atoms with van der Waals surface area (Å²) in [6.07, 6.45) is 0.0482. The van der Waals surface area contributed by atoms with Gasteiger partial charge in [0.15, 0.2) is 5.82 Å². The third kappa shape index (κ3) is 4.24. The lowest BCUT2D eigenvalue weighted by atomic mass is 9.99. The zero-order valence-corrected chi connectivity index (χ0v) is 20.5. The van der Waals surface area contributed by atoms with Crippen molar-refractivity contribution < 1.29 is 14.6 Å². The first-order valence-corrected chi connectivity index (χ1v) is 12.0. The summed E-state index contributed by atoms with van der Waals surface area (Å²) in [6.45, 7) is 3.79. The number of rotatable bonds is 6. The van der Waals surface area contributed by atoms with Gasteiger partial charge in [0.05, 0.1) is 25.8 Å². The highest BCUT2D eigenvalue weighted by atomic mass is 32.1. The molecule has 0 spiro atoms. The molecule has 9 heteroatoms. The topological polar surface area (TPSA) is 102 Å². The minimum atomic E-state index is -0.558. The van der Waals surface area contributed by atoms with Crippen LogP contribution in [0.3, 0.4) is 0 Å². The van der Waals surface area contributed by atoms with Crippen LogP contribution in [0.1, 0.15) is 45.7 Å². The van der Waals surface area contributed by atoms with Gasteiger partial charge < -0.3 is 15.2 Å². The van der Waals surface area contributed by atoms with Gasteiger partial charge in [0, 0.05) is 27.4 Å². The average Bonchev–Trinajstić information content (AvgIpc) is 3.37. The normalized spacial score (nSPS) is 14.5. The van der Waals surface area contributed by atoms with Gasteiger partial charge in [-0.15, -0.1) is 21.5 Å². The Hall–Kier alpha value is -3.82. The molecule has 8 nitrogen and oxygen atoms in total. The summed E-state index contributed by atoms with van der Waals surface area (Å²) in [5.74, 6) is 0.906. The summed E-state index contributed by atoms with van der Waals surface area (Å²) in [5.41, 5.74) is 5.48. The van der Waals surface area contributed by atoms with Gasteiger partial charge >= 0.3 is 5.97 Å². The lowest BCUT2D eigenvalue weighted by Gasteiger charge is -2.12. The summed E-state index contributed by atoms with van der Waals surface area (Å²) in [5, 5.41) is 22.9. The van der Waals surface area contributed by atoms with E-state index in [9.17, 15) is 9.90 Å². The van der Waals surface area contributed by atoms with Crippen molar-refractivity contribution in [2.24, 2.45) is 4.99 Å². The van der Waals surface area contributed by atoms with Gasteiger partial charge in [-0.05, 0) is 43.7 Å². The molecule has 178 valence electrons. The largest absolute Gasteiger partial charge is 0.469 e. The molecule has 1 aliphatic heterocycles. The molecule has 0 bridgehead atoms. The molecule has 5 rings (SSSR count). The molecule has 2 N–H and O–H groups in total. The second kappa shape index (κ2) is 9.44. The Morgan fingerprint density at radius 2 is 1.80 bits per heavy atom. The zero-order chi connectivity index (χ0) is 24.5. The van der Waals surface area contributed by atoms with E-state index in [0.29, 0.717) is 11.6 Å². The van der Waals surface area contributed by atoms with Crippen LogP contribution in [0.2, 0.25) is 0 Å². The molecule has 35 heavy (non-hydrogen) atoms. The minimum Gasteiger partial charge on any atom is -0.469 e. The van der Waals surface area contributed by atoms with E-state index in [0.717, 1.165) is 43.7 Å². The number of nitrogens with one attached hydrogen (secondary N) is 1. The number of fused-ring (bicyclic) bond motifs is 3. The molecule has 0 amide bonds. The fourth-order valence-electron chi connectivity index (χ4n) is 4.25. The highest BCUT2D eigenvalue weighted by molar-refractivity contribution is 7.15. The number of hydrogen-bond acceptors (Lipinski definition) is 8. The molecule has 0 saturated heterocycles. The maximum Gasteiger partial charge on any atom is 0.308 e. The first-order chi connectivity index (χ1) is 17.0. The van der Waals surface area contributed by atoms with Crippen molar-refractivity contribution in [3.05, 3.63) is 87.8 Å². The number of aryl methyl sites for hydroxylation is 1. The lowest BCUT2D eigenvalue weighted by Crippen LogP contribution is -2.12. The Bertz CT molecular complexity index is 1410. The monoisotopic (exact) mass is 487 g/mol. The number of aliphatic hydroxyl groups excluding tert-OH is 1. The summed E-state index contributed by atoms with van der Waals surface area (Å²) < 4.78 is 6.89. The predicted molar refractivity (Wildman–Crippen MR) is 136 cm³/mol. The summed E-state index contributed by atoms with van der Waals surface area (Å²) in [4.78, 5) is 18.2. The van der Waals surface area contributed by atoms with Gasteiger partial charge in [0.25, 0.3) is 0 Å². The third-order valence-corrected chi connectivity index (χ3v) is 7.31. The van der Waals surface area contributed by atoms with Crippen LogP contribution in [0.5, 0.6) is 0 Å². The van der Waals surface area contributed by atoms with Crippen LogP contribution in [-0.4, -0.2) is 38.7 Å². The molecule has 0 unspecified atom stereocenters. The van der Waals surface area contributed by atoms with Crippen molar-refractivity contribution in [2.75, 3.05) is 12.4 Å². The van der Waals surface area contributed by atoms with Crippen LogP contribution < -0.4 is 5.32 Å². The molecular formula is C26H25N5O3S. The molecular weight excluding hydrogens is 462 g/mol. The van der Waals surface area contributed by atoms with E-state index >= 15 is 0 Å². The average molecular weight is 488 g/mol. The number of aliphatic hydroxyl groups is 1. The Balaban J connectivity index is 1.63. The molecule has 2 aromatic heterocycles. The second-order valence-electron chi connectivity index (χ2n) is 8.27. The Morgan fingerprint density at radius 3 is 2.49 bits per heavy atom. The van der Waals surface area contributed by atoms with Gasteiger partial charge in [0.2, 0.25) is 0 Å². The number of benzene rings is 2. The zero-order valence-electron chi connectivity index (χ0n) is 19.6. The van der Waals surface area contributed by atoms with E-state index in [1.807, 2.05) is 73.0 Å². The van der Waals surface area contributed by atoms with Gasteiger partial charge in [0.1, 0.15) is 16.9 Å². The van der Waals surface area contributed by atoms with Crippen molar-refractivity contribution in [1.82, 2.24) is 14.8 Å². The third-order valence-electron chi connectivity index (χ3n) is 6.05. The maximum absolute atomic E-state index is 12.3. The smallest absolute Gasteiger partial charge is 0.308 e. The summed E-state index contributed by atoms with van der Waals surface area (Å²) in [7, 11) is 1.37. The van der Waals surface area contributed by atoms with E-state index in [-0.39, 0.29) is 19.0 Å². The number of carbonyl (C=O) groups is 1. The maximum atomic E-state index is 12.3. The van der Waals surface area contributed by atoms with Crippen LogP contribution in [0.4, 0.5) is 11.4 Å². The number of anilines is 2. The van der Waals surface area contributed by atoms with Crippen LogP contribution in [0.15, 0.2) is 59.6 Å². The first-order valence-electron chi connectivity index (χ1n) is 11.2. The fraction of sp³-hybridized carbons (Fsp3) is 0.231. The van der Waals surface area contributed by atoms with Crippen LogP contribution >= 0.6 is 11.3 Å². The highest BCUT2D eigenvalue weighted by Gasteiger charge is 2.33. The molecule has 2 aromatic carbocycles. The van der Waals surface area contributed by atoms with E-state index < -0.39 is 6.04 Å². The molecule has 3 heterocycles. The lowest BCUT2D eigenvalue weighted by molar-refractivity contribution is -0.141. The van der Waals surface area contributed by atoms with Crippen LogP contribution in [-0.2, 0) is 16.1 Å². The van der Waals surface area contributed by atoms with Gasteiger partial charge in [-0.2, -0.15) is 0 Å². The number of nitrogens with zero attached hydrogens (tertiary/aromatic N) is 4. The summed E-state index contributed by atoms with van der Waals surface area (Å²) in [6, 6.07) is 17.4. The van der Waals surface area contributed by atoms with Crippen molar-refractivity contribution >= 4 is 34.4 Å². The van der Waals surface area contributed by atoms with Gasteiger partial charge in [-0.1, -0.05) is 30.3 Å². The Kier molecular flexibility index (Phi) is 6.19. The second-order valence-corrected chi connectivity index (χ2v) is 9.36. The molecule has 0 radical (unpaired) electrons. The predicted octanol–water partition coefficient (Wildman–Crippen LogP) is 4.64. The molecule has 0 saturated carbocycles. The SMILES string of the molecule is COC(=O)C[C@@H]1N=C(c2ccc(Nc3ccccc3)cc2)c2c(sc(CO)c2C)-n2c(C)nnc21. The number of ether oxygens (including phenoxy) is 1. The van der Waals surface area contributed by atoms with Gasteiger partial charge in [-0.25, -0.2) is 0 Å². The minimum absolute atomic E-state index is 0.0482.